The summed E-state index contributed by atoms with van der Waals surface area (Å²) in [6, 6.07) is 9.67. The van der Waals surface area contributed by atoms with E-state index in [4.69, 9.17) is 0 Å². The van der Waals surface area contributed by atoms with Crippen molar-refractivity contribution in [1.82, 2.24) is 5.16 Å². The minimum atomic E-state index is 0.183. The smallest absolute Gasteiger partial charge is 0.132 e. The Morgan fingerprint density at radius 1 is 1.33 bits per heavy atom. The van der Waals surface area contributed by atoms with Crippen molar-refractivity contribution in [2.24, 2.45) is 0 Å². The van der Waals surface area contributed by atoms with Crippen molar-refractivity contribution in [2.75, 3.05) is 0 Å². The normalized spacial score (nSPS) is 10.0. The maximum Gasteiger partial charge on any atom is 0.132 e. The Kier molecular flexibility index (Phi) is 1.55. The summed E-state index contributed by atoms with van der Waals surface area (Å²) in [4.78, 5) is 0. The minimum Gasteiger partial charge on any atom is -0.507 e. The maximum atomic E-state index is 9.38. The van der Waals surface area contributed by atoms with Crippen LogP contribution in [-0.2, 0) is 0 Å². The van der Waals surface area contributed by atoms with Crippen LogP contribution in [0.5, 0.6) is 5.75 Å². The highest BCUT2D eigenvalue weighted by Crippen LogP contribution is 2.26. The third-order valence-corrected chi connectivity index (χ3v) is 1.55. The van der Waals surface area contributed by atoms with E-state index in [2.05, 4.69) is 15.7 Å². The van der Waals surface area contributed by atoms with E-state index in [1.807, 2.05) is 6.07 Å². The van der Waals surface area contributed by atoms with Gasteiger partial charge in [0.15, 0.2) is 0 Å². The van der Waals surface area contributed by atoms with Crippen molar-refractivity contribution in [3.8, 4) is 17.0 Å². The van der Waals surface area contributed by atoms with E-state index in [0.29, 0.717) is 11.3 Å². The topological polar surface area (TPSA) is 46.3 Å². The van der Waals surface area contributed by atoms with Crippen LogP contribution in [0, 0.1) is 6.07 Å². The van der Waals surface area contributed by atoms with Gasteiger partial charge in [-0.15, -0.1) is 0 Å². The SMILES string of the molecule is Oc1ccccc1-c1[c]con1. The largest absolute Gasteiger partial charge is 0.507 e. The van der Waals surface area contributed by atoms with Crippen LogP contribution in [0.2, 0.25) is 0 Å². The lowest BCUT2D eigenvalue weighted by Gasteiger charge is -1.97. The number of benzene rings is 1. The molecule has 0 fully saturated rings. The summed E-state index contributed by atoms with van der Waals surface area (Å²) in [6.45, 7) is 0. The predicted octanol–water partition coefficient (Wildman–Crippen LogP) is 1.85. The molecule has 1 N–H and O–H groups in total. The number of aromatic hydroxyl groups is 1. The Labute approximate surface area is 69.2 Å². The molecule has 0 aliphatic carbocycles. The Bertz CT molecular complexity index is 368. The zero-order valence-electron chi connectivity index (χ0n) is 6.19. The van der Waals surface area contributed by atoms with Gasteiger partial charge in [0, 0.05) is 5.56 Å². The fraction of sp³-hybridized carbons (Fsp3) is 0. The van der Waals surface area contributed by atoms with Crippen LogP contribution in [0.3, 0.4) is 0 Å². The van der Waals surface area contributed by atoms with Gasteiger partial charge in [-0.25, -0.2) is 0 Å². The summed E-state index contributed by atoms with van der Waals surface area (Å²) >= 11 is 0. The number of hydrogen-bond acceptors (Lipinski definition) is 3. The molecule has 0 amide bonds. The predicted molar refractivity (Wildman–Crippen MR) is 42.4 cm³/mol. The van der Waals surface area contributed by atoms with E-state index in [0.717, 1.165) is 0 Å². The highest BCUT2D eigenvalue weighted by Gasteiger charge is 2.04. The van der Waals surface area contributed by atoms with Crippen molar-refractivity contribution in [2.45, 2.75) is 0 Å². The zero-order chi connectivity index (χ0) is 8.39. The van der Waals surface area contributed by atoms with Crippen LogP contribution >= 0.6 is 0 Å². The number of hydrogen-bond donors (Lipinski definition) is 1. The molecule has 1 aromatic heterocycles. The molecule has 3 heteroatoms. The van der Waals surface area contributed by atoms with Crippen molar-refractivity contribution in [1.29, 1.82) is 0 Å². The number of para-hydroxylation sites is 1. The van der Waals surface area contributed by atoms with Crippen LogP contribution in [0.25, 0.3) is 11.3 Å². The maximum absolute atomic E-state index is 9.38. The van der Waals surface area contributed by atoms with E-state index < -0.39 is 0 Å². The average Bonchev–Trinajstić information content (AvgIpc) is 2.57. The van der Waals surface area contributed by atoms with Gasteiger partial charge < -0.3 is 9.63 Å². The molecule has 0 spiro atoms. The Hall–Kier alpha value is -1.77. The first-order valence-electron chi connectivity index (χ1n) is 3.48. The quantitative estimate of drug-likeness (QED) is 0.692. The zero-order valence-corrected chi connectivity index (χ0v) is 6.19. The molecule has 2 rings (SSSR count). The van der Waals surface area contributed by atoms with Crippen molar-refractivity contribution < 1.29 is 9.63 Å². The third kappa shape index (κ3) is 1.05. The summed E-state index contributed by atoms with van der Waals surface area (Å²) in [5, 5.41) is 13.0. The monoisotopic (exact) mass is 160 g/mol. The lowest BCUT2D eigenvalue weighted by molar-refractivity contribution is 0.421. The summed E-state index contributed by atoms with van der Waals surface area (Å²) in [5.41, 5.74) is 1.15. The van der Waals surface area contributed by atoms with Gasteiger partial charge in [-0.1, -0.05) is 17.3 Å². The Morgan fingerprint density at radius 2 is 2.17 bits per heavy atom. The molecule has 59 valence electrons. The third-order valence-electron chi connectivity index (χ3n) is 1.55. The molecule has 1 radical (unpaired) electrons. The summed E-state index contributed by atoms with van der Waals surface area (Å²) in [6.07, 6.45) is 1.35. The van der Waals surface area contributed by atoms with Gasteiger partial charge in [0.1, 0.15) is 17.7 Å². The van der Waals surface area contributed by atoms with Gasteiger partial charge in [0.25, 0.3) is 0 Å². The van der Waals surface area contributed by atoms with Gasteiger partial charge in [-0.3, -0.25) is 0 Å². The van der Waals surface area contributed by atoms with Crippen molar-refractivity contribution >= 4 is 0 Å². The number of phenolic OH excluding ortho intramolecular Hbond substituents is 1. The van der Waals surface area contributed by atoms with Crippen LogP contribution in [0.4, 0.5) is 0 Å². The van der Waals surface area contributed by atoms with Gasteiger partial charge in [-0.2, -0.15) is 0 Å². The molecule has 1 aromatic carbocycles. The fourth-order valence-corrected chi connectivity index (χ4v) is 0.988. The van der Waals surface area contributed by atoms with Gasteiger partial charge in [0.2, 0.25) is 0 Å². The van der Waals surface area contributed by atoms with E-state index in [-0.39, 0.29) is 5.75 Å². The average molecular weight is 160 g/mol. The summed E-state index contributed by atoms with van der Waals surface area (Å²) in [7, 11) is 0. The lowest BCUT2D eigenvalue weighted by atomic mass is 10.1. The molecule has 0 saturated carbocycles. The molecule has 0 atom stereocenters. The second-order valence-electron chi connectivity index (χ2n) is 2.32. The fourth-order valence-electron chi connectivity index (χ4n) is 0.988. The van der Waals surface area contributed by atoms with E-state index in [9.17, 15) is 5.11 Å². The highest BCUT2D eigenvalue weighted by atomic mass is 16.5. The Balaban J connectivity index is 2.55. The number of rotatable bonds is 1. The first-order chi connectivity index (χ1) is 5.88. The molecular formula is C9H6NO2. The molecule has 12 heavy (non-hydrogen) atoms. The van der Waals surface area contributed by atoms with Gasteiger partial charge in [-0.05, 0) is 12.1 Å². The second-order valence-corrected chi connectivity index (χ2v) is 2.32. The molecule has 0 saturated heterocycles. The van der Waals surface area contributed by atoms with Crippen LogP contribution in [0.15, 0.2) is 35.1 Å². The van der Waals surface area contributed by atoms with Gasteiger partial charge >= 0.3 is 0 Å². The molecule has 0 aliphatic heterocycles. The first kappa shape index (κ1) is 6.91. The van der Waals surface area contributed by atoms with Crippen molar-refractivity contribution in [3.63, 3.8) is 0 Å². The van der Waals surface area contributed by atoms with Crippen LogP contribution < -0.4 is 0 Å². The van der Waals surface area contributed by atoms with E-state index >= 15 is 0 Å². The molecular weight excluding hydrogens is 154 g/mol. The molecule has 0 bridgehead atoms. The van der Waals surface area contributed by atoms with Crippen molar-refractivity contribution in [3.05, 3.63) is 36.6 Å². The molecule has 2 aromatic rings. The minimum absolute atomic E-state index is 0.183. The van der Waals surface area contributed by atoms with Crippen LogP contribution in [0.1, 0.15) is 0 Å². The molecule has 0 unspecified atom stereocenters. The standard InChI is InChI=1S/C9H6NO2/c11-9-4-2-1-3-7(9)8-5-6-12-10-8/h1-4,6,11H. The first-order valence-corrected chi connectivity index (χ1v) is 3.48. The van der Waals surface area contributed by atoms with Gasteiger partial charge in [0.05, 0.1) is 6.07 Å². The summed E-state index contributed by atoms with van der Waals surface area (Å²) in [5.74, 6) is 0.183. The summed E-state index contributed by atoms with van der Waals surface area (Å²) < 4.78 is 4.61. The number of phenols is 1. The number of nitrogens with zero attached hydrogens (tertiary/aromatic N) is 1. The molecule has 3 nitrogen and oxygen atoms in total. The Morgan fingerprint density at radius 3 is 2.83 bits per heavy atom. The van der Waals surface area contributed by atoms with E-state index in [1.165, 1.54) is 6.26 Å². The molecule has 0 aliphatic rings. The van der Waals surface area contributed by atoms with E-state index in [1.54, 1.807) is 18.2 Å². The van der Waals surface area contributed by atoms with Crippen LogP contribution in [-0.4, -0.2) is 10.3 Å². The highest BCUT2D eigenvalue weighted by molar-refractivity contribution is 5.65. The molecule has 1 heterocycles. The second kappa shape index (κ2) is 2.70. The number of aromatic nitrogens is 1. The lowest BCUT2D eigenvalue weighted by Crippen LogP contribution is -1.76.